The van der Waals surface area contributed by atoms with Gasteiger partial charge in [-0.15, -0.1) is 10.2 Å². The van der Waals surface area contributed by atoms with E-state index in [2.05, 4.69) is 41.1 Å². The molecule has 4 N–H and O–H groups in total. The van der Waals surface area contributed by atoms with E-state index in [1.165, 1.54) is 11.8 Å². The first kappa shape index (κ1) is 14.7. The molecule has 0 radical (unpaired) electrons. The molecule has 10 heteroatoms. The fraction of sp³-hybridized carbons (Fsp3) is 0.0833. The second-order valence-corrected chi connectivity index (χ2v) is 5.98. The van der Waals surface area contributed by atoms with E-state index >= 15 is 0 Å². The largest absolute Gasteiger partial charge is 0.411 e. The van der Waals surface area contributed by atoms with Gasteiger partial charge in [-0.1, -0.05) is 27.7 Å². The molecule has 0 aliphatic rings. The predicted octanol–water partition coefficient (Wildman–Crippen LogP) is 2.14. The molecule has 2 heterocycles. The first-order chi connectivity index (χ1) is 10.6. The zero-order valence-electron chi connectivity index (χ0n) is 11.1. The van der Waals surface area contributed by atoms with Gasteiger partial charge < -0.3 is 15.9 Å². The van der Waals surface area contributed by atoms with Crippen LogP contribution in [0.1, 0.15) is 5.82 Å². The van der Waals surface area contributed by atoms with E-state index in [4.69, 9.17) is 15.9 Å². The highest BCUT2D eigenvalue weighted by Crippen LogP contribution is 2.25. The molecule has 3 aromatic rings. The van der Waals surface area contributed by atoms with E-state index in [-0.39, 0.29) is 11.9 Å². The standard InChI is InChI=1S/C12H10BrN7OS/c13-7-3-1-6(2-4-7)9-19-20-12(21-9)22-5-8-16-10(14)18-11(15)17-8/h1-4H,5H2,(H4,14,15,16,17,18). The van der Waals surface area contributed by atoms with Crippen molar-refractivity contribution < 1.29 is 4.42 Å². The summed E-state index contributed by atoms with van der Waals surface area (Å²) in [5, 5.41) is 8.40. The zero-order chi connectivity index (χ0) is 15.5. The Hall–Kier alpha value is -2.20. The fourth-order valence-corrected chi connectivity index (χ4v) is 2.51. The van der Waals surface area contributed by atoms with Gasteiger partial charge in [-0.05, 0) is 24.3 Å². The number of thioether (sulfide) groups is 1. The summed E-state index contributed by atoms with van der Waals surface area (Å²) in [6.45, 7) is 0. The van der Waals surface area contributed by atoms with Crippen LogP contribution in [0.2, 0.25) is 0 Å². The van der Waals surface area contributed by atoms with Crippen molar-refractivity contribution in [3.05, 3.63) is 34.6 Å². The Morgan fingerprint density at radius 2 is 1.68 bits per heavy atom. The smallest absolute Gasteiger partial charge is 0.277 e. The quantitative estimate of drug-likeness (QED) is 0.654. The van der Waals surface area contributed by atoms with Crippen molar-refractivity contribution in [2.24, 2.45) is 0 Å². The van der Waals surface area contributed by atoms with Crippen molar-refractivity contribution in [1.29, 1.82) is 0 Å². The Morgan fingerprint density at radius 1 is 1.00 bits per heavy atom. The molecular formula is C12H10BrN7OS. The number of hydrogen-bond acceptors (Lipinski definition) is 9. The van der Waals surface area contributed by atoms with E-state index in [1.807, 2.05) is 24.3 Å². The number of nitrogen functional groups attached to an aromatic ring is 2. The SMILES string of the molecule is Nc1nc(N)nc(CSc2nnc(-c3ccc(Br)cc3)o2)n1. The molecule has 0 atom stereocenters. The van der Waals surface area contributed by atoms with Crippen LogP contribution in [0.25, 0.3) is 11.5 Å². The third-order valence-corrected chi connectivity index (χ3v) is 3.88. The van der Waals surface area contributed by atoms with Gasteiger partial charge in [0.1, 0.15) is 5.82 Å². The van der Waals surface area contributed by atoms with Crippen molar-refractivity contribution >= 4 is 39.6 Å². The summed E-state index contributed by atoms with van der Waals surface area (Å²) in [7, 11) is 0. The number of benzene rings is 1. The third-order valence-electron chi connectivity index (χ3n) is 2.54. The lowest BCUT2D eigenvalue weighted by molar-refractivity contribution is 0.465. The molecule has 2 aromatic heterocycles. The van der Waals surface area contributed by atoms with Crippen molar-refractivity contribution in [2.45, 2.75) is 11.0 Å². The second-order valence-electron chi connectivity index (χ2n) is 4.14. The number of rotatable bonds is 4. The van der Waals surface area contributed by atoms with E-state index in [9.17, 15) is 0 Å². The molecule has 0 amide bonds. The molecule has 3 rings (SSSR count). The first-order valence-corrected chi connectivity index (χ1v) is 7.86. The Morgan fingerprint density at radius 3 is 2.36 bits per heavy atom. The normalized spacial score (nSPS) is 10.8. The molecule has 22 heavy (non-hydrogen) atoms. The van der Waals surface area contributed by atoms with Crippen molar-refractivity contribution in [1.82, 2.24) is 25.1 Å². The predicted molar refractivity (Wildman–Crippen MR) is 85.6 cm³/mol. The molecule has 0 aliphatic heterocycles. The van der Waals surface area contributed by atoms with Gasteiger partial charge in [-0.2, -0.15) is 15.0 Å². The first-order valence-electron chi connectivity index (χ1n) is 6.08. The number of anilines is 2. The number of halogens is 1. The Bertz CT molecular complexity index is 772. The molecule has 0 bridgehead atoms. The van der Waals surface area contributed by atoms with E-state index in [0.717, 1.165) is 10.0 Å². The zero-order valence-corrected chi connectivity index (χ0v) is 13.5. The van der Waals surface area contributed by atoms with Crippen molar-refractivity contribution in [2.75, 3.05) is 11.5 Å². The summed E-state index contributed by atoms with van der Waals surface area (Å²) in [6.07, 6.45) is 0. The van der Waals surface area contributed by atoms with E-state index < -0.39 is 0 Å². The lowest BCUT2D eigenvalue weighted by Gasteiger charge is -1.99. The lowest BCUT2D eigenvalue weighted by atomic mass is 10.2. The van der Waals surface area contributed by atoms with Gasteiger partial charge >= 0.3 is 0 Å². The number of nitrogens with two attached hydrogens (primary N) is 2. The molecule has 112 valence electrons. The van der Waals surface area contributed by atoms with Gasteiger partial charge in [0, 0.05) is 10.0 Å². The summed E-state index contributed by atoms with van der Waals surface area (Å²) >= 11 is 4.67. The summed E-state index contributed by atoms with van der Waals surface area (Å²) in [6, 6.07) is 7.59. The summed E-state index contributed by atoms with van der Waals surface area (Å²) in [4.78, 5) is 11.7. The molecule has 0 saturated heterocycles. The van der Waals surface area contributed by atoms with Crippen LogP contribution in [-0.4, -0.2) is 25.1 Å². The molecule has 0 aliphatic carbocycles. The van der Waals surface area contributed by atoms with Crippen LogP contribution in [0.4, 0.5) is 11.9 Å². The molecule has 0 spiro atoms. The van der Waals surface area contributed by atoms with Crippen LogP contribution in [-0.2, 0) is 5.75 Å². The summed E-state index contributed by atoms with van der Waals surface area (Å²) < 4.78 is 6.57. The van der Waals surface area contributed by atoms with E-state index in [1.54, 1.807) is 0 Å². The molecule has 1 aromatic carbocycles. The molecular weight excluding hydrogens is 370 g/mol. The fourth-order valence-electron chi connectivity index (χ4n) is 1.62. The average Bonchev–Trinajstić information content (AvgIpc) is 2.94. The molecule has 0 saturated carbocycles. The minimum atomic E-state index is 0.0872. The minimum Gasteiger partial charge on any atom is -0.411 e. The average molecular weight is 380 g/mol. The van der Waals surface area contributed by atoms with Gasteiger partial charge in [-0.3, -0.25) is 0 Å². The molecule has 0 fully saturated rings. The molecule has 8 nitrogen and oxygen atoms in total. The van der Waals surface area contributed by atoms with Crippen LogP contribution in [0.5, 0.6) is 0 Å². The van der Waals surface area contributed by atoms with Gasteiger partial charge in [0.25, 0.3) is 5.22 Å². The lowest BCUT2D eigenvalue weighted by Crippen LogP contribution is -2.05. The van der Waals surface area contributed by atoms with Gasteiger partial charge in [-0.25, -0.2) is 0 Å². The van der Waals surface area contributed by atoms with Crippen LogP contribution < -0.4 is 11.5 Å². The van der Waals surface area contributed by atoms with Crippen LogP contribution >= 0.6 is 27.7 Å². The third kappa shape index (κ3) is 3.52. The van der Waals surface area contributed by atoms with Crippen LogP contribution in [0, 0.1) is 0 Å². The van der Waals surface area contributed by atoms with Crippen LogP contribution in [0.15, 0.2) is 38.4 Å². The molecule has 0 unspecified atom stereocenters. The van der Waals surface area contributed by atoms with Gasteiger partial charge in [0.2, 0.25) is 17.8 Å². The minimum absolute atomic E-state index is 0.0872. The van der Waals surface area contributed by atoms with Gasteiger partial charge in [0.05, 0.1) is 5.75 Å². The Balaban J connectivity index is 1.70. The van der Waals surface area contributed by atoms with Crippen molar-refractivity contribution in [3.63, 3.8) is 0 Å². The van der Waals surface area contributed by atoms with Crippen molar-refractivity contribution in [3.8, 4) is 11.5 Å². The maximum atomic E-state index is 5.58. The number of nitrogens with zero attached hydrogens (tertiary/aromatic N) is 5. The van der Waals surface area contributed by atoms with Crippen LogP contribution in [0.3, 0.4) is 0 Å². The Labute approximate surface area is 137 Å². The highest BCUT2D eigenvalue weighted by Gasteiger charge is 2.10. The second kappa shape index (κ2) is 6.28. The number of hydrogen-bond donors (Lipinski definition) is 2. The monoisotopic (exact) mass is 379 g/mol. The highest BCUT2D eigenvalue weighted by molar-refractivity contribution is 9.10. The Kier molecular flexibility index (Phi) is 4.20. The maximum Gasteiger partial charge on any atom is 0.277 e. The summed E-state index contributed by atoms with van der Waals surface area (Å²) in [5.74, 6) is 1.48. The van der Waals surface area contributed by atoms with E-state index in [0.29, 0.717) is 22.7 Å². The highest BCUT2D eigenvalue weighted by atomic mass is 79.9. The number of aromatic nitrogens is 5. The summed E-state index contributed by atoms with van der Waals surface area (Å²) in [5.41, 5.74) is 11.9. The topological polar surface area (TPSA) is 130 Å². The maximum absolute atomic E-state index is 5.58. The van der Waals surface area contributed by atoms with Gasteiger partial charge in [0.15, 0.2) is 0 Å².